The van der Waals surface area contributed by atoms with Crippen LogP contribution < -0.4 is 4.74 Å². The van der Waals surface area contributed by atoms with Crippen LogP contribution in [0.1, 0.15) is 18.4 Å². The minimum Gasteiger partial charge on any atom is -0.491 e. The number of hydrogen-bond acceptors (Lipinski definition) is 5. The van der Waals surface area contributed by atoms with E-state index in [0.29, 0.717) is 11.5 Å². The third-order valence-electron chi connectivity index (χ3n) is 3.82. The molecule has 0 aliphatic carbocycles. The summed E-state index contributed by atoms with van der Waals surface area (Å²) in [7, 11) is -3.99. The fraction of sp³-hybridized carbons (Fsp3) is 0.211. The average molecular weight is 390 g/mol. The summed E-state index contributed by atoms with van der Waals surface area (Å²) >= 11 is 0. The maximum atomic E-state index is 14.2. The second kappa shape index (κ2) is 8.32. The molecule has 0 aliphatic rings. The normalized spacial score (nSPS) is 11.7. The molecule has 142 valence electrons. The Kier molecular flexibility index (Phi) is 5.88. The van der Waals surface area contributed by atoms with Gasteiger partial charge < -0.3 is 9.15 Å². The molecule has 0 bridgehead atoms. The van der Waals surface area contributed by atoms with Gasteiger partial charge in [0.25, 0.3) is 0 Å². The summed E-state index contributed by atoms with van der Waals surface area (Å²) in [4.78, 5) is 4.02. The molecule has 1 aromatic carbocycles. The number of pyridine rings is 1. The van der Waals surface area contributed by atoms with Gasteiger partial charge in [0, 0.05) is 6.20 Å². The second-order valence-electron chi connectivity index (χ2n) is 5.70. The van der Waals surface area contributed by atoms with Crippen molar-refractivity contribution in [3.05, 3.63) is 78.3 Å². The first-order valence-corrected chi connectivity index (χ1v) is 9.79. The van der Waals surface area contributed by atoms with Crippen molar-refractivity contribution in [2.24, 2.45) is 0 Å². The molecule has 0 N–H and O–H groups in total. The molecule has 3 rings (SSSR count). The molecular weight excluding hydrogens is 371 g/mol. The first kappa shape index (κ1) is 19.1. The molecule has 0 spiro atoms. The molecule has 0 saturated carbocycles. The number of furan rings is 1. The highest BCUT2D eigenvalue weighted by molar-refractivity contribution is 7.89. The van der Waals surface area contributed by atoms with Gasteiger partial charge in [0.1, 0.15) is 5.76 Å². The Morgan fingerprint density at radius 3 is 2.63 bits per heavy atom. The van der Waals surface area contributed by atoms with Crippen molar-refractivity contribution in [3.8, 4) is 5.75 Å². The van der Waals surface area contributed by atoms with Crippen LogP contribution in [0.2, 0.25) is 0 Å². The second-order valence-corrected chi connectivity index (χ2v) is 7.64. The van der Waals surface area contributed by atoms with E-state index in [1.807, 2.05) is 0 Å². The molecule has 0 aliphatic heterocycles. The average Bonchev–Trinajstić information content (AvgIpc) is 3.17. The van der Waals surface area contributed by atoms with E-state index in [1.165, 1.54) is 22.7 Å². The summed E-state index contributed by atoms with van der Waals surface area (Å²) < 4.78 is 52.1. The zero-order valence-corrected chi connectivity index (χ0v) is 15.5. The number of aromatic nitrogens is 1. The van der Waals surface area contributed by atoms with E-state index in [4.69, 9.17) is 9.15 Å². The van der Waals surface area contributed by atoms with Crippen LogP contribution in [0.25, 0.3) is 0 Å². The quantitative estimate of drug-likeness (QED) is 0.588. The van der Waals surface area contributed by atoms with Gasteiger partial charge in [0.2, 0.25) is 10.0 Å². The lowest BCUT2D eigenvalue weighted by molar-refractivity contribution is 0.320. The summed E-state index contributed by atoms with van der Waals surface area (Å²) in [5, 5.41) is 0. The Hall–Kier alpha value is -2.71. The predicted octanol–water partition coefficient (Wildman–Crippen LogP) is 3.60. The largest absolute Gasteiger partial charge is 0.491 e. The van der Waals surface area contributed by atoms with E-state index in [9.17, 15) is 12.8 Å². The van der Waals surface area contributed by atoms with Gasteiger partial charge in [-0.3, -0.25) is 4.98 Å². The first-order chi connectivity index (χ1) is 13.0. The summed E-state index contributed by atoms with van der Waals surface area (Å²) in [6, 6.07) is 12.2. The molecule has 0 saturated heterocycles. The van der Waals surface area contributed by atoms with Crippen LogP contribution in [-0.2, 0) is 23.1 Å². The van der Waals surface area contributed by atoms with Gasteiger partial charge in [-0.2, -0.15) is 4.31 Å². The summed E-state index contributed by atoms with van der Waals surface area (Å²) in [5.41, 5.74) is 0.569. The Morgan fingerprint density at radius 2 is 2.00 bits per heavy atom. The highest BCUT2D eigenvalue weighted by Gasteiger charge is 2.27. The van der Waals surface area contributed by atoms with Crippen molar-refractivity contribution in [2.75, 3.05) is 6.61 Å². The lowest BCUT2D eigenvalue weighted by atomic mass is 10.3. The van der Waals surface area contributed by atoms with Gasteiger partial charge in [0.05, 0.1) is 36.5 Å². The molecule has 0 amide bonds. The molecule has 27 heavy (non-hydrogen) atoms. The Labute approximate surface area is 157 Å². The van der Waals surface area contributed by atoms with Crippen LogP contribution in [0.4, 0.5) is 4.39 Å². The molecule has 0 unspecified atom stereocenters. The van der Waals surface area contributed by atoms with Crippen LogP contribution in [-0.4, -0.2) is 24.3 Å². The molecule has 0 atom stereocenters. The lowest BCUT2D eigenvalue weighted by Crippen LogP contribution is -2.30. The standard InChI is InChI=1S/C19H19FN2O4S/c1-2-25-19-9-8-17(12-18(19)20)27(23,24)22(14-16-7-5-11-26-16)13-15-6-3-4-10-21-15/h3-12H,2,13-14H2,1H3. The number of ether oxygens (including phenoxy) is 1. The fourth-order valence-corrected chi connectivity index (χ4v) is 3.93. The highest BCUT2D eigenvalue weighted by atomic mass is 32.2. The zero-order chi connectivity index (χ0) is 19.3. The Bertz CT molecular complexity index is 976. The van der Waals surface area contributed by atoms with Gasteiger partial charge in [-0.05, 0) is 49.4 Å². The highest BCUT2D eigenvalue weighted by Crippen LogP contribution is 2.25. The third kappa shape index (κ3) is 4.53. The van der Waals surface area contributed by atoms with E-state index in [1.54, 1.807) is 43.5 Å². The van der Waals surface area contributed by atoms with E-state index in [-0.39, 0.29) is 30.3 Å². The molecule has 3 aromatic rings. The number of nitrogens with zero attached hydrogens (tertiary/aromatic N) is 2. The maximum Gasteiger partial charge on any atom is 0.243 e. The van der Waals surface area contributed by atoms with Gasteiger partial charge in [-0.15, -0.1) is 0 Å². The van der Waals surface area contributed by atoms with Gasteiger partial charge in [-0.25, -0.2) is 12.8 Å². The topological polar surface area (TPSA) is 72.6 Å². The number of rotatable bonds is 8. The lowest BCUT2D eigenvalue weighted by Gasteiger charge is -2.21. The minimum atomic E-state index is -3.99. The fourth-order valence-electron chi connectivity index (χ4n) is 2.54. The van der Waals surface area contributed by atoms with Crippen molar-refractivity contribution in [3.63, 3.8) is 0 Å². The molecule has 0 radical (unpaired) electrons. The van der Waals surface area contributed by atoms with E-state index < -0.39 is 15.8 Å². The molecule has 2 heterocycles. The summed E-state index contributed by atoms with van der Waals surface area (Å²) in [6.07, 6.45) is 3.06. The Morgan fingerprint density at radius 1 is 1.15 bits per heavy atom. The predicted molar refractivity (Wildman–Crippen MR) is 96.9 cm³/mol. The van der Waals surface area contributed by atoms with Gasteiger partial charge in [-0.1, -0.05) is 6.07 Å². The van der Waals surface area contributed by atoms with E-state index >= 15 is 0 Å². The minimum absolute atomic E-state index is 0.000732. The van der Waals surface area contributed by atoms with Crippen molar-refractivity contribution in [1.29, 1.82) is 0 Å². The first-order valence-electron chi connectivity index (χ1n) is 8.35. The van der Waals surface area contributed by atoms with Crippen molar-refractivity contribution in [1.82, 2.24) is 9.29 Å². The van der Waals surface area contributed by atoms with Crippen molar-refractivity contribution < 1.29 is 22.0 Å². The molecular formula is C19H19FN2O4S. The monoisotopic (exact) mass is 390 g/mol. The zero-order valence-electron chi connectivity index (χ0n) is 14.7. The van der Waals surface area contributed by atoms with Crippen LogP contribution in [0.5, 0.6) is 5.75 Å². The van der Waals surface area contributed by atoms with Crippen molar-refractivity contribution >= 4 is 10.0 Å². The van der Waals surface area contributed by atoms with Crippen LogP contribution in [0, 0.1) is 5.82 Å². The van der Waals surface area contributed by atoms with E-state index in [2.05, 4.69) is 4.98 Å². The van der Waals surface area contributed by atoms with Gasteiger partial charge >= 0.3 is 0 Å². The SMILES string of the molecule is CCOc1ccc(S(=O)(=O)N(Cc2ccccn2)Cc2ccco2)cc1F. The number of sulfonamides is 1. The number of hydrogen-bond donors (Lipinski definition) is 0. The molecule has 8 heteroatoms. The smallest absolute Gasteiger partial charge is 0.243 e. The van der Waals surface area contributed by atoms with Crippen LogP contribution >= 0.6 is 0 Å². The van der Waals surface area contributed by atoms with Crippen molar-refractivity contribution in [2.45, 2.75) is 24.9 Å². The van der Waals surface area contributed by atoms with Crippen LogP contribution in [0.15, 0.2) is 70.3 Å². The molecule has 0 fully saturated rings. The maximum absolute atomic E-state index is 14.2. The molecule has 2 aromatic heterocycles. The Balaban J connectivity index is 1.95. The van der Waals surface area contributed by atoms with Crippen LogP contribution in [0.3, 0.4) is 0 Å². The number of benzene rings is 1. The summed E-state index contributed by atoms with van der Waals surface area (Å²) in [5.74, 6) is -0.242. The van der Waals surface area contributed by atoms with Gasteiger partial charge in [0.15, 0.2) is 11.6 Å². The molecule has 6 nitrogen and oxygen atoms in total. The van der Waals surface area contributed by atoms with E-state index in [0.717, 1.165) is 6.07 Å². The number of halogens is 1. The summed E-state index contributed by atoms with van der Waals surface area (Å²) in [6.45, 7) is 2.04. The third-order valence-corrected chi connectivity index (χ3v) is 5.61.